The monoisotopic (exact) mass is 404 g/mol. The van der Waals surface area contributed by atoms with Crippen molar-refractivity contribution in [2.24, 2.45) is 0 Å². The number of rotatable bonds is 7. The third-order valence-electron chi connectivity index (χ3n) is 3.93. The number of carbonyl (C=O) groups excluding carboxylic acids is 3. The van der Waals surface area contributed by atoms with Gasteiger partial charge in [0.05, 0.1) is 11.3 Å². The molecule has 0 aliphatic carbocycles. The lowest BCUT2D eigenvalue weighted by Crippen LogP contribution is -2.37. The Morgan fingerprint density at radius 3 is 2.63 bits per heavy atom. The second-order valence-corrected chi connectivity index (χ2v) is 7.07. The fourth-order valence-electron chi connectivity index (χ4n) is 2.52. The number of nitrogens with zero attached hydrogens (tertiary/aromatic N) is 1. The van der Waals surface area contributed by atoms with Crippen LogP contribution in [0, 0.1) is 0 Å². The Morgan fingerprint density at radius 1 is 1.15 bits per heavy atom. The summed E-state index contributed by atoms with van der Waals surface area (Å²) in [5, 5.41) is 3.03. The van der Waals surface area contributed by atoms with Gasteiger partial charge in [0.25, 0.3) is 11.1 Å². The topological polar surface area (TPSA) is 75.7 Å². The van der Waals surface area contributed by atoms with E-state index in [9.17, 15) is 14.4 Å². The van der Waals surface area contributed by atoms with E-state index in [1.807, 2.05) is 18.2 Å². The minimum Gasteiger partial charge on any atom is -0.488 e. The first-order valence-corrected chi connectivity index (χ1v) is 9.63. The maximum Gasteiger partial charge on any atom is 0.288 e. The quantitative estimate of drug-likeness (QED) is 0.765. The number of imide groups is 1. The summed E-state index contributed by atoms with van der Waals surface area (Å²) < 4.78 is 5.77. The van der Waals surface area contributed by atoms with Crippen LogP contribution in [0.1, 0.15) is 15.9 Å². The van der Waals surface area contributed by atoms with Crippen LogP contribution in [0.5, 0.6) is 5.75 Å². The van der Waals surface area contributed by atoms with Crippen LogP contribution in [0.25, 0.3) is 0 Å². The Morgan fingerprint density at radius 2 is 1.89 bits per heavy atom. The van der Waals surface area contributed by atoms with E-state index in [2.05, 4.69) is 5.32 Å². The van der Waals surface area contributed by atoms with Gasteiger partial charge >= 0.3 is 0 Å². The van der Waals surface area contributed by atoms with Crippen LogP contribution in [-0.4, -0.2) is 40.8 Å². The molecule has 1 aliphatic heterocycles. The molecule has 0 atom stereocenters. The number of ether oxygens (including phenoxy) is 1. The second-order valence-electron chi connectivity index (χ2n) is 5.73. The molecule has 6 nitrogen and oxygen atoms in total. The van der Waals surface area contributed by atoms with Crippen molar-refractivity contribution in [1.29, 1.82) is 0 Å². The SMILES string of the molecule is O=C(NCCN1C(=O)CSC1=O)c1ccccc1OCc1ccccc1Cl. The summed E-state index contributed by atoms with van der Waals surface area (Å²) in [6, 6.07) is 14.2. The van der Waals surface area contributed by atoms with Crippen LogP contribution in [0.4, 0.5) is 4.79 Å². The lowest BCUT2D eigenvalue weighted by Gasteiger charge is -2.15. The first-order chi connectivity index (χ1) is 13.1. The van der Waals surface area contributed by atoms with Gasteiger partial charge in [-0.15, -0.1) is 0 Å². The minimum absolute atomic E-state index is 0.152. The standard InChI is InChI=1S/C19H17ClN2O4S/c20-15-7-3-1-5-13(15)11-26-16-8-4-2-6-14(16)18(24)21-9-10-22-17(23)12-27-19(22)25/h1-8H,9-12H2,(H,21,24). The number of nitrogens with one attached hydrogen (secondary N) is 1. The molecule has 3 amide bonds. The normalized spacial score (nSPS) is 13.7. The fourth-order valence-corrected chi connectivity index (χ4v) is 3.47. The van der Waals surface area contributed by atoms with Gasteiger partial charge in [-0.05, 0) is 18.2 Å². The lowest BCUT2D eigenvalue weighted by atomic mass is 10.2. The summed E-state index contributed by atoms with van der Waals surface area (Å²) in [5.74, 6) is 0.0175. The molecule has 1 saturated heterocycles. The van der Waals surface area contributed by atoms with Crippen molar-refractivity contribution in [2.45, 2.75) is 6.61 Å². The zero-order chi connectivity index (χ0) is 19.2. The van der Waals surface area contributed by atoms with E-state index in [4.69, 9.17) is 16.3 Å². The predicted molar refractivity (Wildman–Crippen MR) is 104 cm³/mol. The third kappa shape index (κ3) is 4.81. The molecule has 1 aliphatic rings. The summed E-state index contributed by atoms with van der Waals surface area (Å²) in [5.41, 5.74) is 1.19. The second kappa shape index (κ2) is 8.92. The average Bonchev–Trinajstić information content (AvgIpc) is 2.99. The summed E-state index contributed by atoms with van der Waals surface area (Å²) in [6.07, 6.45) is 0. The first-order valence-electron chi connectivity index (χ1n) is 8.27. The van der Waals surface area contributed by atoms with Crippen molar-refractivity contribution < 1.29 is 19.1 Å². The number of hydrogen-bond donors (Lipinski definition) is 1. The third-order valence-corrected chi connectivity index (χ3v) is 5.16. The van der Waals surface area contributed by atoms with Crippen LogP contribution in [0.3, 0.4) is 0 Å². The van der Waals surface area contributed by atoms with E-state index < -0.39 is 0 Å². The van der Waals surface area contributed by atoms with Gasteiger partial charge < -0.3 is 10.1 Å². The molecule has 3 rings (SSSR count). The van der Waals surface area contributed by atoms with Gasteiger partial charge in [-0.3, -0.25) is 19.3 Å². The number of benzene rings is 2. The Kier molecular flexibility index (Phi) is 6.36. The molecule has 0 spiro atoms. The molecule has 0 aromatic heterocycles. The maximum absolute atomic E-state index is 12.5. The molecule has 0 unspecified atom stereocenters. The van der Waals surface area contributed by atoms with Crippen molar-refractivity contribution in [1.82, 2.24) is 10.2 Å². The van der Waals surface area contributed by atoms with Crippen molar-refractivity contribution in [3.63, 3.8) is 0 Å². The van der Waals surface area contributed by atoms with E-state index in [0.717, 1.165) is 22.2 Å². The zero-order valence-corrected chi connectivity index (χ0v) is 15.9. The van der Waals surface area contributed by atoms with Crippen molar-refractivity contribution in [2.75, 3.05) is 18.8 Å². The van der Waals surface area contributed by atoms with Crippen LogP contribution in [-0.2, 0) is 11.4 Å². The lowest BCUT2D eigenvalue weighted by molar-refractivity contribution is -0.124. The molecule has 8 heteroatoms. The van der Waals surface area contributed by atoms with Gasteiger partial charge in [0.1, 0.15) is 12.4 Å². The molecule has 0 bridgehead atoms. The van der Waals surface area contributed by atoms with E-state index >= 15 is 0 Å². The molecule has 140 valence electrons. The fraction of sp³-hybridized carbons (Fsp3) is 0.211. The Hall–Kier alpha value is -2.51. The van der Waals surface area contributed by atoms with E-state index in [-0.39, 0.29) is 42.5 Å². The summed E-state index contributed by atoms with van der Waals surface area (Å²) in [7, 11) is 0. The van der Waals surface area contributed by atoms with Gasteiger partial charge in [-0.1, -0.05) is 53.7 Å². The molecule has 2 aromatic carbocycles. The summed E-state index contributed by atoms with van der Waals surface area (Å²) in [6.45, 7) is 0.562. The molecular weight excluding hydrogens is 388 g/mol. The Balaban J connectivity index is 1.59. The molecule has 0 saturated carbocycles. The van der Waals surface area contributed by atoms with Gasteiger partial charge in [0, 0.05) is 23.7 Å². The molecule has 27 heavy (non-hydrogen) atoms. The number of amides is 3. The number of para-hydroxylation sites is 1. The molecule has 1 fully saturated rings. The zero-order valence-electron chi connectivity index (χ0n) is 14.3. The van der Waals surface area contributed by atoms with E-state index in [0.29, 0.717) is 16.3 Å². The van der Waals surface area contributed by atoms with Crippen LogP contribution in [0.2, 0.25) is 5.02 Å². The maximum atomic E-state index is 12.5. The van der Waals surface area contributed by atoms with E-state index in [1.54, 1.807) is 30.3 Å². The van der Waals surface area contributed by atoms with Gasteiger partial charge in [0.2, 0.25) is 5.91 Å². The largest absolute Gasteiger partial charge is 0.488 e. The number of carbonyl (C=O) groups is 3. The molecule has 1 heterocycles. The van der Waals surface area contributed by atoms with Crippen molar-refractivity contribution in [3.8, 4) is 5.75 Å². The summed E-state index contributed by atoms with van der Waals surface area (Å²) in [4.78, 5) is 36.7. The number of thioether (sulfide) groups is 1. The van der Waals surface area contributed by atoms with Gasteiger partial charge in [-0.25, -0.2) is 0 Å². The minimum atomic E-state index is -0.337. The van der Waals surface area contributed by atoms with E-state index in [1.165, 1.54) is 0 Å². The molecule has 0 radical (unpaired) electrons. The Labute approximate surface area is 165 Å². The number of hydrogen-bond acceptors (Lipinski definition) is 5. The highest BCUT2D eigenvalue weighted by atomic mass is 35.5. The highest BCUT2D eigenvalue weighted by Crippen LogP contribution is 2.22. The van der Waals surface area contributed by atoms with Crippen LogP contribution in [0.15, 0.2) is 48.5 Å². The smallest absolute Gasteiger partial charge is 0.288 e. The summed E-state index contributed by atoms with van der Waals surface area (Å²) >= 11 is 7.10. The van der Waals surface area contributed by atoms with Crippen molar-refractivity contribution in [3.05, 3.63) is 64.7 Å². The number of halogens is 1. The molecular formula is C19H17ClN2O4S. The molecule has 2 aromatic rings. The van der Waals surface area contributed by atoms with Crippen molar-refractivity contribution >= 4 is 40.4 Å². The first kappa shape index (κ1) is 19.3. The van der Waals surface area contributed by atoms with Crippen LogP contribution >= 0.6 is 23.4 Å². The predicted octanol–water partition coefficient (Wildman–Crippen LogP) is 3.34. The van der Waals surface area contributed by atoms with Gasteiger partial charge in [-0.2, -0.15) is 0 Å². The Bertz CT molecular complexity index is 858. The highest BCUT2D eigenvalue weighted by molar-refractivity contribution is 8.14. The highest BCUT2D eigenvalue weighted by Gasteiger charge is 2.29. The van der Waals surface area contributed by atoms with Gasteiger partial charge in [0.15, 0.2) is 0 Å². The molecule has 1 N–H and O–H groups in total. The average molecular weight is 405 g/mol. The van der Waals surface area contributed by atoms with Crippen LogP contribution < -0.4 is 10.1 Å².